The molecule has 0 radical (unpaired) electrons. The van der Waals surface area contributed by atoms with Crippen LogP contribution in [0.2, 0.25) is 0 Å². The summed E-state index contributed by atoms with van der Waals surface area (Å²) >= 11 is 19.8. The Morgan fingerprint density at radius 1 is 0.326 bits per heavy atom. The molecule has 0 aliphatic carbocycles. The zero-order valence-corrected chi connectivity index (χ0v) is 84.9. The van der Waals surface area contributed by atoms with Crippen molar-refractivity contribution in [1.82, 2.24) is 0 Å². The van der Waals surface area contributed by atoms with Gasteiger partial charge in [-0.05, 0) is 326 Å². The van der Waals surface area contributed by atoms with Gasteiger partial charge in [-0.15, -0.1) is 63.1 Å². The third-order valence-electron chi connectivity index (χ3n) is 23.6. The van der Waals surface area contributed by atoms with E-state index in [1.807, 2.05) is 130 Å². The molecule has 16 aromatic rings. The topological polar surface area (TPSA) is 63.6 Å². The molecule has 16 rings (SSSR count). The van der Waals surface area contributed by atoms with Crippen LogP contribution in [-0.4, -0.2) is 19.0 Å². The number of fused-ring (bicyclic) bond motifs is 9. The Morgan fingerprint density at radius 2 is 0.628 bits per heavy atom. The Hall–Kier alpha value is -7.84. The molecule has 5 heterocycles. The lowest BCUT2D eigenvalue weighted by atomic mass is 10.0. The number of alkyl halides is 3. The van der Waals surface area contributed by atoms with E-state index in [0.717, 1.165) is 59.3 Å². The number of aryl methyl sites for hydroxylation is 4. The Morgan fingerprint density at radius 3 is 1.00 bits per heavy atom. The highest BCUT2D eigenvalue weighted by molar-refractivity contribution is 9.11. The Kier molecular flexibility index (Phi) is 40.4. The van der Waals surface area contributed by atoms with Crippen LogP contribution in [0.3, 0.4) is 0 Å². The summed E-state index contributed by atoms with van der Waals surface area (Å²) in [5.74, 6) is 9.06. The van der Waals surface area contributed by atoms with Gasteiger partial charge in [-0.25, -0.2) is 0 Å². The zero-order valence-electron chi connectivity index (χ0n) is 75.2. The summed E-state index contributed by atoms with van der Waals surface area (Å²) < 4.78 is 73.7. The molecule has 129 heavy (non-hydrogen) atoms. The molecule has 0 aliphatic rings. The molecule has 4 nitrogen and oxygen atoms in total. The molecule has 1 N–H and O–H groups in total. The minimum absolute atomic E-state index is 0.146. The monoisotopic (exact) mass is 2030 g/mol. The second kappa shape index (κ2) is 52.0. The van der Waals surface area contributed by atoms with E-state index >= 15 is 0 Å². The number of hydrogen-bond donors (Lipinski definition) is 1. The molecular weight excluding hydrogens is 1910 g/mol. The molecule has 0 fully saturated rings. The first-order valence-corrected chi connectivity index (χ1v) is 54.8. The molecule has 0 saturated carbocycles. The minimum Gasteiger partial charge on any atom is -0.507 e. The first-order chi connectivity index (χ1) is 62.7. The SMILES string of the molecule is C#Cc1ccccc1.CCCCCCCCCCc1cc2cc3cc(C#Cc4ccccc4)c(Br)cc3cc2s1.CCCCCCCCCCc1cc2cc3cc(O)c(Br)cc3cc2s1.CCCCCCCCCCc1cc2cc3cc(OS(=O)(=O)C(F)(F)F)c(Br)cc3cc2s1.CCCCCCCCCCc1cc2cc3cc4cc(-c5ccccc5)sc4cc3cc2s1. The number of hydrogen-bond acceptors (Lipinski definition) is 9. The molecule has 0 unspecified atom stereocenters. The van der Waals surface area contributed by atoms with Crippen molar-refractivity contribution in [3.8, 4) is 46.1 Å². The summed E-state index contributed by atoms with van der Waals surface area (Å²) in [6, 6.07) is 75.8. The van der Waals surface area contributed by atoms with E-state index in [9.17, 15) is 26.7 Å². The molecule has 0 saturated heterocycles. The van der Waals surface area contributed by atoms with Crippen molar-refractivity contribution in [1.29, 1.82) is 0 Å². The van der Waals surface area contributed by atoms with Crippen LogP contribution in [0.25, 0.3) is 104 Å². The van der Waals surface area contributed by atoms with Crippen LogP contribution in [0.4, 0.5) is 13.2 Å². The van der Waals surface area contributed by atoms with Crippen LogP contribution in [0.1, 0.15) is 269 Å². The second-order valence-corrected chi connectivity index (χ2v) is 44.0. The molecular formula is C113H122Br3F3O4S6. The maximum atomic E-state index is 12.7. The number of phenolic OH excluding ortho intramolecular Hbond substituents is 1. The number of halogens is 6. The number of rotatable bonds is 39. The quantitative estimate of drug-likeness (QED) is 0.0180. The minimum atomic E-state index is -5.73. The fourth-order valence-corrected chi connectivity index (χ4v) is 23.9. The van der Waals surface area contributed by atoms with Crippen molar-refractivity contribution >= 4 is 208 Å². The lowest BCUT2D eigenvalue weighted by molar-refractivity contribution is -0.0500. The highest BCUT2D eigenvalue weighted by Crippen LogP contribution is 2.43. The van der Waals surface area contributed by atoms with E-state index in [-0.39, 0.29) is 10.2 Å². The van der Waals surface area contributed by atoms with Gasteiger partial charge in [0.1, 0.15) is 5.75 Å². The number of unbranched alkanes of at least 4 members (excludes halogenated alkanes) is 28. The third kappa shape index (κ3) is 30.9. The number of phenols is 1. The summed E-state index contributed by atoms with van der Waals surface area (Å²) in [5, 5.41) is 25.3. The smallest absolute Gasteiger partial charge is 0.507 e. The molecule has 0 atom stereocenters. The zero-order chi connectivity index (χ0) is 90.8. The average molecular weight is 2030 g/mol. The summed E-state index contributed by atoms with van der Waals surface area (Å²) in [5.41, 5.74) is -1.16. The Balaban J connectivity index is 0.000000152. The maximum Gasteiger partial charge on any atom is 0.534 e. The van der Waals surface area contributed by atoms with Crippen molar-refractivity contribution in [2.45, 2.75) is 264 Å². The lowest BCUT2D eigenvalue weighted by Crippen LogP contribution is -2.28. The molecule has 11 aromatic carbocycles. The van der Waals surface area contributed by atoms with E-state index in [1.165, 1.54) is 317 Å². The summed E-state index contributed by atoms with van der Waals surface area (Å²) in [4.78, 5) is 7.18. The normalized spacial score (nSPS) is 11.5. The molecule has 676 valence electrons. The van der Waals surface area contributed by atoms with E-state index in [2.05, 4.69) is 219 Å². The van der Waals surface area contributed by atoms with Crippen LogP contribution >= 0.6 is 104 Å². The Labute approximate surface area is 809 Å². The van der Waals surface area contributed by atoms with Gasteiger partial charge >= 0.3 is 15.6 Å². The van der Waals surface area contributed by atoms with E-state index in [0.29, 0.717) is 11.1 Å². The molecule has 0 amide bonds. The number of aromatic hydroxyl groups is 1. The largest absolute Gasteiger partial charge is 0.534 e. The van der Waals surface area contributed by atoms with Crippen molar-refractivity contribution < 1.29 is 30.9 Å². The highest BCUT2D eigenvalue weighted by atomic mass is 79.9. The van der Waals surface area contributed by atoms with Crippen molar-refractivity contribution in [3.05, 3.63) is 268 Å². The van der Waals surface area contributed by atoms with Crippen molar-refractivity contribution in [2.75, 3.05) is 0 Å². The Bertz CT molecular complexity index is 6340. The first-order valence-electron chi connectivity index (χ1n) is 46.9. The number of terminal acetylenes is 1. The number of benzene rings is 11. The fourth-order valence-electron chi connectivity index (χ4n) is 16.4. The predicted octanol–water partition coefficient (Wildman–Crippen LogP) is 39.1. The van der Waals surface area contributed by atoms with Crippen LogP contribution in [0.5, 0.6) is 11.5 Å². The van der Waals surface area contributed by atoms with Crippen molar-refractivity contribution in [2.24, 2.45) is 0 Å². The van der Waals surface area contributed by atoms with E-state index in [4.69, 9.17) is 6.42 Å². The molecule has 16 heteroatoms. The molecule has 0 aliphatic heterocycles. The highest BCUT2D eigenvalue weighted by Gasteiger charge is 2.49. The molecule has 0 bridgehead atoms. The second-order valence-electron chi connectivity index (χ2n) is 34.1. The van der Waals surface area contributed by atoms with Gasteiger partial charge in [-0.1, -0.05) is 292 Å². The predicted molar refractivity (Wildman–Crippen MR) is 571 cm³/mol. The fraction of sp³-hybridized carbons (Fsp3) is 0.363. The van der Waals surface area contributed by atoms with Gasteiger partial charge in [-0.2, -0.15) is 21.6 Å². The van der Waals surface area contributed by atoms with Crippen LogP contribution in [-0.2, 0) is 35.8 Å². The molecule has 5 aromatic heterocycles. The van der Waals surface area contributed by atoms with Gasteiger partial charge < -0.3 is 9.29 Å². The van der Waals surface area contributed by atoms with Crippen LogP contribution in [0, 0.1) is 24.2 Å². The third-order valence-corrected chi connectivity index (χ3v) is 32.3. The van der Waals surface area contributed by atoms with Gasteiger partial charge in [0.2, 0.25) is 0 Å². The van der Waals surface area contributed by atoms with E-state index < -0.39 is 15.6 Å². The van der Waals surface area contributed by atoms with Gasteiger partial charge in [0.25, 0.3) is 0 Å². The summed E-state index contributed by atoms with van der Waals surface area (Å²) in [6.07, 6.45) is 53.0. The van der Waals surface area contributed by atoms with Gasteiger partial charge in [-0.3, -0.25) is 0 Å². The lowest BCUT2D eigenvalue weighted by Gasteiger charge is -2.11. The van der Waals surface area contributed by atoms with Crippen molar-refractivity contribution in [3.63, 3.8) is 0 Å². The van der Waals surface area contributed by atoms with Crippen LogP contribution in [0.15, 0.2) is 232 Å². The standard InChI is InChI=1S/C30H31BrS.C30H32S2.C23H26BrF3O3S2.C22H27BrOS.C8H6/c1-2-3-4-5-6-7-8-12-15-28-20-27-19-25-18-24(17-16-23-13-10-9-11-14-23)29(31)21-26(25)22-30(27)32-28;1-2-3-4-5-6-7-8-12-15-27-18-25-16-23-17-26-21-28(22-13-10-9-11-14-22)32-30(26)20-24(23)19-29(25)31-27;1-2-3-4-5-6-7-8-9-10-19-12-18-11-16-14-21(30-32(28,29)23(25,26)27)20(24)13-17(16)15-22(18)31-19;1-2-3-4-5-6-7-8-9-10-19-12-18-11-16-14-21(24)20(23)13-17(16)15-22(18)25-19;1-2-8-6-4-3-5-7-8/h9-11,13-14,18-22H,2-8,12,15H2,1H3;9-11,13-14,16-21H,2-8,12,15H2,1H3;11-15H,2-10H2,1H3;11-15,24H,2-10H2,1H3;1,3-7H. The molecule has 0 spiro atoms. The van der Waals surface area contributed by atoms with Gasteiger partial charge in [0.15, 0.2) is 5.75 Å². The average Bonchev–Trinajstić information content (AvgIpc) is 1.73. The van der Waals surface area contributed by atoms with Gasteiger partial charge in [0, 0.05) is 69.0 Å². The summed E-state index contributed by atoms with van der Waals surface area (Å²) in [7, 11) is -5.73. The van der Waals surface area contributed by atoms with Crippen LogP contribution < -0.4 is 4.18 Å². The maximum absolute atomic E-state index is 12.7. The van der Waals surface area contributed by atoms with Gasteiger partial charge in [0.05, 0.1) is 8.95 Å². The first kappa shape index (κ1) is 100. The number of thiophene rings is 5. The van der Waals surface area contributed by atoms with E-state index in [1.54, 1.807) is 22.3 Å². The summed E-state index contributed by atoms with van der Waals surface area (Å²) in [6.45, 7) is 9.07.